The number of rotatable bonds is 10. The fraction of sp³-hybridized carbons (Fsp3) is 0.185. The predicted octanol–water partition coefficient (Wildman–Crippen LogP) is 6.31. The number of benzene rings is 3. The number of halogens is 1. The molecule has 0 aliphatic heterocycles. The first-order valence-electron chi connectivity index (χ1n) is 10.8. The second-order valence-electron chi connectivity index (χ2n) is 8.08. The highest BCUT2D eigenvalue weighted by molar-refractivity contribution is 7.21. The van der Waals surface area contributed by atoms with E-state index in [0.717, 1.165) is 15.6 Å². The Morgan fingerprint density at radius 1 is 1.03 bits per heavy atom. The van der Waals surface area contributed by atoms with Crippen LogP contribution in [0.15, 0.2) is 78.9 Å². The minimum atomic E-state index is -0.870. The lowest BCUT2D eigenvalue weighted by molar-refractivity contribution is -0.138. The van der Waals surface area contributed by atoms with Gasteiger partial charge in [0.1, 0.15) is 11.9 Å². The molecule has 0 amide bonds. The van der Waals surface area contributed by atoms with E-state index < -0.39 is 5.97 Å². The molecule has 1 atom stereocenters. The second-order valence-corrected chi connectivity index (χ2v) is 9.60. The topological polar surface area (TPSA) is 66.8 Å². The minimum Gasteiger partial charge on any atom is -0.486 e. The maximum Gasteiger partial charge on any atom is 0.317 e. The standard InChI is InChI=1S/C27H24ClNO4S/c1-29(17-26(30)31)15-14-23(18-6-10-21(28)11-7-18)33-22-12-8-19(9-13-22)27(32)25-16-20-4-2-3-5-24(20)34-25/h2-13,16,23H,14-15,17H2,1H3,(H,30,31). The second kappa shape index (κ2) is 10.8. The maximum atomic E-state index is 13.0. The Morgan fingerprint density at radius 2 is 1.74 bits per heavy atom. The third-order valence-corrected chi connectivity index (χ3v) is 6.83. The zero-order valence-corrected chi connectivity index (χ0v) is 20.2. The van der Waals surface area contributed by atoms with Gasteiger partial charge in [-0.15, -0.1) is 11.3 Å². The van der Waals surface area contributed by atoms with Crippen molar-refractivity contribution in [3.8, 4) is 5.75 Å². The Bertz CT molecular complexity index is 1250. The van der Waals surface area contributed by atoms with Gasteiger partial charge in [0.2, 0.25) is 5.78 Å². The molecule has 1 aromatic heterocycles. The van der Waals surface area contributed by atoms with Crippen LogP contribution >= 0.6 is 22.9 Å². The van der Waals surface area contributed by atoms with Gasteiger partial charge in [-0.2, -0.15) is 0 Å². The van der Waals surface area contributed by atoms with E-state index in [0.29, 0.717) is 34.2 Å². The van der Waals surface area contributed by atoms with Gasteiger partial charge >= 0.3 is 5.97 Å². The number of nitrogens with zero attached hydrogens (tertiary/aromatic N) is 1. The van der Waals surface area contributed by atoms with Crippen molar-refractivity contribution in [1.29, 1.82) is 0 Å². The summed E-state index contributed by atoms with van der Waals surface area (Å²) < 4.78 is 7.35. The summed E-state index contributed by atoms with van der Waals surface area (Å²) in [6.45, 7) is 0.504. The number of fused-ring (bicyclic) bond motifs is 1. The maximum absolute atomic E-state index is 13.0. The van der Waals surface area contributed by atoms with Crippen molar-refractivity contribution in [2.75, 3.05) is 20.1 Å². The van der Waals surface area contributed by atoms with Gasteiger partial charge in [-0.05, 0) is 66.5 Å². The molecule has 0 aliphatic carbocycles. The summed E-state index contributed by atoms with van der Waals surface area (Å²) in [7, 11) is 1.77. The number of carbonyl (C=O) groups is 2. The number of likely N-dealkylation sites (N-methyl/N-ethyl adjacent to an activating group) is 1. The first-order chi connectivity index (χ1) is 16.4. The highest BCUT2D eigenvalue weighted by atomic mass is 35.5. The number of ketones is 1. The monoisotopic (exact) mass is 493 g/mol. The lowest BCUT2D eigenvalue weighted by Crippen LogP contribution is -2.28. The van der Waals surface area contributed by atoms with Crippen LogP contribution < -0.4 is 4.74 Å². The van der Waals surface area contributed by atoms with Gasteiger partial charge < -0.3 is 9.84 Å². The number of hydrogen-bond donors (Lipinski definition) is 1. The zero-order valence-electron chi connectivity index (χ0n) is 18.6. The van der Waals surface area contributed by atoms with Gasteiger partial charge in [0.25, 0.3) is 0 Å². The third kappa shape index (κ3) is 6.03. The van der Waals surface area contributed by atoms with Gasteiger partial charge in [-0.1, -0.05) is 41.9 Å². The molecule has 7 heteroatoms. The molecule has 4 aromatic rings. The molecule has 5 nitrogen and oxygen atoms in total. The third-order valence-electron chi connectivity index (χ3n) is 5.46. The van der Waals surface area contributed by atoms with Crippen molar-refractivity contribution < 1.29 is 19.4 Å². The SMILES string of the molecule is CN(CCC(Oc1ccc(C(=O)c2cc3ccccc3s2)cc1)c1ccc(Cl)cc1)CC(=O)O. The van der Waals surface area contributed by atoms with E-state index in [-0.39, 0.29) is 18.4 Å². The minimum absolute atomic E-state index is 0.0164. The summed E-state index contributed by atoms with van der Waals surface area (Å²) in [5.74, 6) is -0.253. The molecule has 0 saturated heterocycles. The molecule has 34 heavy (non-hydrogen) atoms. The van der Waals surface area contributed by atoms with Crippen molar-refractivity contribution in [3.63, 3.8) is 0 Å². The number of carboxylic acids is 1. The Labute approximate surface area is 207 Å². The van der Waals surface area contributed by atoms with E-state index in [4.69, 9.17) is 21.4 Å². The van der Waals surface area contributed by atoms with Gasteiger partial charge in [-0.25, -0.2) is 0 Å². The van der Waals surface area contributed by atoms with E-state index in [1.54, 1.807) is 48.3 Å². The lowest BCUT2D eigenvalue weighted by atomic mass is 10.1. The van der Waals surface area contributed by atoms with E-state index in [1.807, 2.05) is 42.5 Å². The summed E-state index contributed by atoms with van der Waals surface area (Å²) in [6.07, 6.45) is 0.297. The van der Waals surface area contributed by atoms with Crippen molar-refractivity contribution in [2.45, 2.75) is 12.5 Å². The molecule has 0 fully saturated rings. The van der Waals surface area contributed by atoms with Crippen LogP contribution in [0, 0.1) is 0 Å². The molecule has 0 saturated carbocycles. The molecule has 1 heterocycles. The summed E-state index contributed by atoms with van der Waals surface area (Å²) in [5, 5.41) is 10.7. The van der Waals surface area contributed by atoms with Gasteiger partial charge in [0, 0.05) is 28.3 Å². The number of carbonyl (C=O) groups excluding carboxylic acids is 1. The van der Waals surface area contributed by atoms with Crippen molar-refractivity contribution in [1.82, 2.24) is 4.90 Å². The lowest BCUT2D eigenvalue weighted by Gasteiger charge is -2.22. The summed E-state index contributed by atoms with van der Waals surface area (Å²) in [6, 6.07) is 24.4. The number of hydrogen-bond acceptors (Lipinski definition) is 5. The van der Waals surface area contributed by atoms with Crippen LogP contribution in [0.4, 0.5) is 0 Å². The van der Waals surface area contributed by atoms with E-state index in [9.17, 15) is 9.59 Å². The van der Waals surface area contributed by atoms with Crippen LogP contribution in [0.2, 0.25) is 5.02 Å². The van der Waals surface area contributed by atoms with Crippen molar-refractivity contribution >= 4 is 44.8 Å². The fourth-order valence-electron chi connectivity index (χ4n) is 3.70. The summed E-state index contributed by atoms with van der Waals surface area (Å²) in [5.41, 5.74) is 1.54. The molecule has 0 radical (unpaired) electrons. The number of ether oxygens (including phenoxy) is 1. The summed E-state index contributed by atoms with van der Waals surface area (Å²) in [4.78, 5) is 26.4. The zero-order chi connectivity index (χ0) is 24.1. The molecule has 3 aromatic carbocycles. The Hall–Kier alpha value is -3.19. The van der Waals surface area contributed by atoms with Crippen LogP contribution in [0.1, 0.15) is 33.3 Å². The van der Waals surface area contributed by atoms with Gasteiger partial charge in [0.15, 0.2) is 0 Å². The predicted molar refractivity (Wildman–Crippen MR) is 136 cm³/mol. The van der Waals surface area contributed by atoms with Crippen LogP contribution in [-0.4, -0.2) is 41.9 Å². The summed E-state index contributed by atoms with van der Waals surface area (Å²) >= 11 is 7.53. The van der Waals surface area contributed by atoms with Crippen LogP contribution in [0.25, 0.3) is 10.1 Å². The highest BCUT2D eigenvalue weighted by Gasteiger charge is 2.17. The molecule has 0 spiro atoms. The Kier molecular flexibility index (Phi) is 7.63. The van der Waals surface area contributed by atoms with Crippen molar-refractivity contribution in [3.05, 3.63) is 99.9 Å². The molecule has 174 valence electrons. The molecular weight excluding hydrogens is 470 g/mol. The van der Waals surface area contributed by atoms with Crippen molar-refractivity contribution in [2.24, 2.45) is 0 Å². The average Bonchev–Trinajstić information content (AvgIpc) is 3.26. The van der Waals surface area contributed by atoms with E-state index in [1.165, 1.54) is 11.3 Å². The highest BCUT2D eigenvalue weighted by Crippen LogP contribution is 2.29. The fourth-order valence-corrected chi connectivity index (χ4v) is 4.85. The quantitative estimate of drug-likeness (QED) is 0.262. The number of carboxylic acid groups (broad SMARTS) is 1. The largest absolute Gasteiger partial charge is 0.486 e. The Balaban J connectivity index is 1.48. The number of thiophene rings is 1. The Morgan fingerprint density at radius 3 is 2.41 bits per heavy atom. The average molecular weight is 494 g/mol. The molecule has 0 bridgehead atoms. The van der Waals surface area contributed by atoms with Crippen LogP contribution in [0.5, 0.6) is 5.75 Å². The molecular formula is C27H24ClNO4S. The molecule has 1 unspecified atom stereocenters. The van der Waals surface area contributed by atoms with Crippen LogP contribution in [0.3, 0.4) is 0 Å². The normalized spacial score (nSPS) is 12.1. The molecule has 1 N–H and O–H groups in total. The van der Waals surface area contributed by atoms with E-state index >= 15 is 0 Å². The molecule has 0 aliphatic rings. The van der Waals surface area contributed by atoms with Gasteiger partial charge in [-0.3, -0.25) is 14.5 Å². The van der Waals surface area contributed by atoms with Gasteiger partial charge in [0.05, 0.1) is 11.4 Å². The number of aliphatic carboxylic acids is 1. The first-order valence-corrected chi connectivity index (χ1v) is 12.0. The van der Waals surface area contributed by atoms with Crippen LogP contribution in [-0.2, 0) is 4.79 Å². The smallest absolute Gasteiger partial charge is 0.317 e. The van der Waals surface area contributed by atoms with E-state index in [2.05, 4.69) is 0 Å². The molecule has 4 rings (SSSR count). The first kappa shape index (κ1) is 24.0.